The summed E-state index contributed by atoms with van der Waals surface area (Å²) in [6.07, 6.45) is 27.3. The molecule has 1 N–H and O–H groups in total. The average Bonchev–Trinajstić information content (AvgIpc) is 2.81. The number of hydrogen-bond acceptors (Lipinski definition) is 2. The van der Waals surface area contributed by atoms with Gasteiger partial charge in [-0.25, -0.2) is 9.36 Å². The Morgan fingerprint density at radius 3 is 1.69 bits per heavy atom. The summed E-state index contributed by atoms with van der Waals surface area (Å²) < 4.78 is 2.29. The lowest BCUT2D eigenvalue weighted by atomic mass is 10.0. The van der Waals surface area contributed by atoms with Gasteiger partial charge in [-0.05, 0) is 18.6 Å². The zero-order chi connectivity index (χ0) is 22.4. The molecular formula is C27H43ClN2O2. The number of halogens is 1. The molecule has 0 saturated heterocycles. The van der Waals surface area contributed by atoms with E-state index in [2.05, 4.69) is 47.1 Å². The lowest BCUT2D eigenvalue weighted by Crippen LogP contribution is -3.00. The number of unbranched alkanes of at least 4 members (excludes halogenated alkanes) is 13. The van der Waals surface area contributed by atoms with Crippen molar-refractivity contribution >= 4 is 5.97 Å². The van der Waals surface area contributed by atoms with E-state index in [9.17, 15) is 4.79 Å². The van der Waals surface area contributed by atoms with Crippen molar-refractivity contribution in [2.45, 2.75) is 103 Å². The predicted molar refractivity (Wildman–Crippen MR) is 128 cm³/mol. The standard InChI is InChI=1S/C21H38N.C6H5NO2.ClH/c1-2-3-4-5-6-7-8-9-10-11-12-13-14-16-19-22-20-17-15-18-21-22;8-6(9)5-2-1-3-7-4-5;/h15,17-18,20-21H,2-14,16,19H2,1H3;1-4H,(H,8,9);1H/q+1;;/p-1. The topological polar surface area (TPSA) is 54.1 Å². The molecule has 4 nitrogen and oxygen atoms in total. The second-order valence-electron chi connectivity index (χ2n) is 8.26. The van der Waals surface area contributed by atoms with Gasteiger partial charge in [0.05, 0.1) is 5.56 Å². The predicted octanol–water partition coefficient (Wildman–Crippen LogP) is 4.24. The molecule has 2 aromatic heterocycles. The van der Waals surface area contributed by atoms with Gasteiger partial charge in [0.15, 0.2) is 12.4 Å². The Hall–Kier alpha value is -1.94. The number of carboxylic acids is 1. The third-order valence-corrected chi connectivity index (χ3v) is 5.46. The second kappa shape index (κ2) is 22.3. The molecule has 0 aliphatic heterocycles. The van der Waals surface area contributed by atoms with Crippen LogP contribution in [0.15, 0.2) is 55.1 Å². The van der Waals surface area contributed by atoms with Crippen LogP contribution in [0.5, 0.6) is 0 Å². The fourth-order valence-corrected chi connectivity index (χ4v) is 3.56. The molecule has 0 aliphatic carbocycles. The summed E-state index contributed by atoms with van der Waals surface area (Å²) in [5.74, 6) is -0.942. The largest absolute Gasteiger partial charge is 1.00 e. The van der Waals surface area contributed by atoms with Gasteiger partial charge in [-0.15, -0.1) is 0 Å². The highest BCUT2D eigenvalue weighted by Crippen LogP contribution is 2.12. The van der Waals surface area contributed by atoms with E-state index in [0.717, 1.165) is 0 Å². The number of rotatable bonds is 16. The average molecular weight is 463 g/mol. The van der Waals surface area contributed by atoms with E-state index >= 15 is 0 Å². The quantitative estimate of drug-likeness (QED) is 0.300. The number of aromatic nitrogens is 2. The first-order valence-corrected chi connectivity index (χ1v) is 12.3. The van der Waals surface area contributed by atoms with Crippen LogP contribution in [0.3, 0.4) is 0 Å². The van der Waals surface area contributed by atoms with Gasteiger partial charge in [0.2, 0.25) is 0 Å². The van der Waals surface area contributed by atoms with Gasteiger partial charge < -0.3 is 17.5 Å². The van der Waals surface area contributed by atoms with Crippen molar-refractivity contribution in [1.82, 2.24) is 4.98 Å². The Kier molecular flexibility index (Phi) is 20.9. The van der Waals surface area contributed by atoms with Crippen molar-refractivity contribution in [3.63, 3.8) is 0 Å². The maximum absolute atomic E-state index is 10.2. The van der Waals surface area contributed by atoms with Crippen LogP contribution in [0.25, 0.3) is 0 Å². The van der Waals surface area contributed by atoms with Crippen LogP contribution < -0.4 is 17.0 Å². The summed E-state index contributed by atoms with van der Waals surface area (Å²) in [4.78, 5) is 13.8. The first-order valence-electron chi connectivity index (χ1n) is 12.3. The molecule has 2 heterocycles. The molecular weight excluding hydrogens is 420 g/mol. The van der Waals surface area contributed by atoms with Gasteiger partial charge in [-0.1, -0.05) is 90.0 Å². The summed E-state index contributed by atoms with van der Waals surface area (Å²) >= 11 is 0. The molecule has 0 spiro atoms. The summed E-state index contributed by atoms with van der Waals surface area (Å²) in [6.45, 7) is 3.47. The number of hydrogen-bond donors (Lipinski definition) is 1. The van der Waals surface area contributed by atoms with Gasteiger partial charge in [0.1, 0.15) is 6.54 Å². The zero-order valence-corrected chi connectivity index (χ0v) is 20.7. The monoisotopic (exact) mass is 462 g/mol. The molecule has 0 saturated carbocycles. The summed E-state index contributed by atoms with van der Waals surface area (Å²) in [5, 5.41) is 8.34. The third kappa shape index (κ3) is 17.7. The van der Waals surface area contributed by atoms with Crippen LogP contribution >= 0.6 is 0 Å². The fraction of sp³-hybridized carbons (Fsp3) is 0.593. The van der Waals surface area contributed by atoms with Crippen LogP contribution in [0, 0.1) is 0 Å². The number of carbonyl (C=O) groups is 1. The molecule has 0 unspecified atom stereocenters. The third-order valence-electron chi connectivity index (χ3n) is 5.46. The molecule has 0 fully saturated rings. The van der Waals surface area contributed by atoms with Crippen molar-refractivity contribution in [3.05, 3.63) is 60.7 Å². The molecule has 0 aliphatic rings. The minimum absolute atomic E-state index is 0. The minimum Gasteiger partial charge on any atom is -1.00 e. The molecule has 0 atom stereocenters. The van der Waals surface area contributed by atoms with Gasteiger partial charge in [0.25, 0.3) is 0 Å². The minimum atomic E-state index is -0.942. The molecule has 0 radical (unpaired) electrons. The van der Waals surface area contributed by atoms with Crippen molar-refractivity contribution in [2.24, 2.45) is 0 Å². The van der Waals surface area contributed by atoms with Gasteiger partial charge >= 0.3 is 5.97 Å². The molecule has 0 aromatic carbocycles. The van der Waals surface area contributed by atoms with Gasteiger partial charge in [-0.3, -0.25) is 4.98 Å². The van der Waals surface area contributed by atoms with Crippen molar-refractivity contribution in [3.8, 4) is 0 Å². The van der Waals surface area contributed by atoms with E-state index in [-0.39, 0.29) is 18.0 Å². The molecule has 5 heteroatoms. The van der Waals surface area contributed by atoms with Crippen molar-refractivity contribution < 1.29 is 26.9 Å². The first kappa shape index (κ1) is 30.1. The molecule has 32 heavy (non-hydrogen) atoms. The van der Waals surface area contributed by atoms with Crippen molar-refractivity contribution in [2.75, 3.05) is 0 Å². The number of aryl methyl sites for hydroxylation is 1. The molecule has 180 valence electrons. The Morgan fingerprint density at radius 1 is 0.781 bits per heavy atom. The second-order valence-corrected chi connectivity index (χ2v) is 8.26. The van der Waals surface area contributed by atoms with Crippen LogP contribution in [-0.4, -0.2) is 16.1 Å². The SMILES string of the molecule is CCCCCCCCCCCCCCCC[n+]1ccccc1.O=C(O)c1cccnc1.[Cl-]. The van der Waals surface area contributed by atoms with E-state index in [4.69, 9.17) is 5.11 Å². The lowest BCUT2D eigenvalue weighted by Gasteiger charge is -2.02. The van der Waals surface area contributed by atoms with Crippen LogP contribution in [0.1, 0.15) is 107 Å². The van der Waals surface area contributed by atoms with E-state index in [1.165, 1.54) is 115 Å². The first-order chi connectivity index (χ1) is 15.2. The van der Waals surface area contributed by atoms with Crippen molar-refractivity contribution in [1.29, 1.82) is 0 Å². The fourth-order valence-electron chi connectivity index (χ4n) is 3.56. The summed E-state index contributed by atoms with van der Waals surface area (Å²) in [7, 11) is 0. The van der Waals surface area contributed by atoms with E-state index < -0.39 is 5.97 Å². The normalized spacial score (nSPS) is 10.0. The van der Waals surface area contributed by atoms with Gasteiger partial charge in [0, 0.05) is 30.9 Å². The smallest absolute Gasteiger partial charge is 0.337 e. The van der Waals surface area contributed by atoms with E-state index in [1.54, 1.807) is 6.07 Å². The molecule has 2 rings (SSSR count). The Labute approximate surface area is 201 Å². The Bertz CT molecular complexity index is 653. The Morgan fingerprint density at radius 2 is 1.28 bits per heavy atom. The highest BCUT2D eigenvalue weighted by Gasteiger charge is 1.99. The zero-order valence-electron chi connectivity index (χ0n) is 19.9. The molecule has 2 aromatic rings. The Balaban J connectivity index is 0.000000803. The number of pyridine rings is 2. The molecule has 0 amide bonds. The molecule has 0 bridgehead atoms. The summed E-state index contributed by atoms with van der Waals surface area (Å²) in [5.41, 5.74) is 0.220. The maximum atomic E-state index is 10.2. The number of aromatic carboxylic acids is 1. The summed E-state index contributed by atoms with van der Waals surface area (Å²) in [6, 6.07) is 9.40. The maximum Gasteiger partial charge on any atom is 0.337 e. The van der Waals surface area contributed by atoms with Crippen LogP contribution in [0.4, 0.5) is 0 Å². The van der Waals surface area contributed by atoms with Gasteiger partial charge in [-0.2, -0.15) is 0 Å². The van der Waals surface area contributed by atoms with E-state index in [1.807, 2.05) is 0 Å². The van der Waals surface area contributed by atoms with E-state index in [0.29, 0.717) is 0 Å². The van der Waals surface area contributed by atoms with Crippen LogP contribution in [-0.2, 0) is 6.54 Å². The highest BCUT2D eigenvalue weighted by atomic mass is 35.5. The van der Waals surface area contributed by atoms with Crippen LogP contribution in [0.2, 0.25) is 0 Å². The number of nitrogens with zero attached hydrogens (tertiary/aromatic N) is 2. The number of carboxylic acid groups (broad SMARTS) is 1. The lowest BCUT2D eigenvalue weighted by molar-refractivity contribution is -0.697. The highest BCUT2D eigenvalue weighted by molar-refractivity contribution is 5.86.